The zero-order chi connectivity index (χ0) is 19.7. The molecule has 4 rings (SSSR count). The van der Waals surface area contributed by atoms with Crippen LogP contribution in [0.5, 0.6) is 5.75 Å². The lowest BCUT2D eigenvalue weighted by Gasteiger charge is -2.38. The third-order valence-corrected chi connectivity index (χ3v) is 5.07. The van der Waals surface area contributed by atoms with Crippen molar-refractivity contribution >= 4 is 5.91 Å². The van der Waals surface area contributed by atoms with Gasteiger partial charge in [-0.1, -0.05) is 29.8 Å². The van der Waals surface area contributed by atoms with Gasteiger partial charge in [0.15, 0.2) is 0 Å². The number of rotatable bonds is 4. The average Bonchev–Trinajstić information content (AvgIpc) is 3.15. The van der Waals surface area contributed by atoms with Gasteiger partial charge in [-0.25, -0.2) is 4.98 Å². The van der Waals surface area contributed by atoms with Gasteiger partial charge >= 0.3 is 0 Å². The molecule has 5 heteroatoms. The second kappa shape index (κ2) is 7.15. The van der Waals surface area contributed by atoms with Crippen molar-refractivity contribution in [3.8, 4) is 5.75 Å². The van der Waals surface area contributed by atoms with Crippen LogP contribution in [0.2, 0.25) is 0 Å². The molecule has 1 aromatic heterocycles. The van der Waals surface area contributed by atoms with Crippen molar-refractivity contribution in [2.45, 2.75) is 45.4 Å². The molecular formula is C23H25N3O2. The summed E-state index contributed by atoms with van der Waals surface area (Å²) >= 11 is 0. The van der Waals surface area contributed by atoms with Crippen LogP contribution in [0.4, 0.5) is 0 Å². The molecule has 0 spiro atoms. The van der Waals surface area contributed by atoms with Gasteiger partial charge in [-0.15, -0.1) is 0 Å². The Morgan fingerprint density at radius 2 is 2.04 bits per heavy atom. The highest BCUT2D eigenvalue weighted by Gasteiger charge is 2.34. The third-order valence-electron chi connectivity index (χ3n) is 5.07. The lowest BCUT2D eigenvalue weighted by Crippen LogP contribution is -2.41. The van der Waals surface area contributed by atoms with Crippen molar-refractivity contribution in [1.29, 1.82) is 0 Å². The number of benzene rings is 2. The van der Waals surface area contributed by atoms with Crippen molar-refractivity contribution in [2.24, 2.45) is 0 Å². The van der Waals surface area contributed by atoms with Crippen molar-refractivity contribution < 1.29 is 9.53 Å². The Balaban J connectivity index is 1.51. The normalized spacial score (nSPS) is 17.5. The largest absolute Gasteiger partial charge is 0.487 e. The van der Waals surface area contributed by atoms with Gasteiger partial charge in [-0.2, -0.15) is 0 Å². The molecule has 1 amide bonds. The van der Waals surface area contributed by atoms with Gasteiger partial charge in [-0.3, -0.25) is 4.79 Å². The fraction of sp³-hybridized carbons (Fsp3) is 0.304. The topological polar surface area (TPSA) is 56.2 Å². The van der Waals surface area contributed by atoms with Gasteiger partial charge in [0.05, 0.1) is 12.4 Å². The molecule has 2 heterocycles. The number of amides is 1. The molecule has 0 saturated carbocycles. The van der Waals surface area contributed by atoms with Crippen molar-refractivity contribution in [3.05, 3.63) is 83.4 Å². The predicted octanol–water partition coefficient (Wildman–Crippen LogP) is 4.27. The first-order valence-electron chi connectivity index (χ1n) is 9.55. The molecule has 0 aliphatic carbocycles. The Labute approximate surface area is 165 Å². The molecular weight excluding hydrogens is 350 g/mol. The second-order valence-electron chi connectivity index (χ2n) is 8.07. The van der Waals surface area contributed by atoms with Gasteiger partial charge in [0.1, 0.15) is 11.4 Å². The highest BCUT2D eigenvalue weighted by molar-refractivity contribution is 5.94. The molecule has 5 nitrogen and oxygen atoms in total. The van der Waals surface area contributed by atoms with E-state index in [4.69, 9.17) is 4.74 Å². The molecule has 0 fully saturated rings. The van der Waals surface area contributed by atoms with E-state index in [2.05, 4.69) is 37.1 Å². The Kier molecular flexibility index (Phi) is 4.67. The van der Waals surface area contributed by atoms with E-state index in [0.29, 0.717) is 5.56 Å². The lowest BCUT2D eigenvalue weighted by molar-refractivity contribution is 0.0619. The van der Waals surface area contributed by atoms with Crippen molar-refractivity contribution in [1.82, 2.24) is 14.9 Å². The number of nitrogens with zero attached hydrogens (tertiary/aromatic N) is 2. The summed E-state index contributed by atoms with van der Waals surface area (Å²) in [6, 6.07) is 13.8. The molecule has 1 atom stereocenters. The third kappa shape index (κ3) is 3.93. The van der Waals surface area contributed by atoms with Crippen molar-refractivity contribution in [2.75, 3.05) is 0 Å². The molecule has 0 unspecified atom stereocenters. The maximum atomic E-state index is 12.9. The summed E-state index contributed by atoms with van der Waals surface area (Å²) in [5.41, 5.74) is 3.67. The summed E-state index contributed by atoms with van der Waals surface area (Å²) in [7, 11) is 0. The summed E-state index contributed by atoms with van der Waals surface area (Å²) < 4.78 is 8.10. The van der Waals surface area contributed by atoms with E-state index >= 15 is 0 Å². The van der Waals surface area contributed by atoms with Crippen LogP contribution < -0.4 is 10.1 Å². The monoisotopic (exact) mass is 375 g/mol. The highest BCUT2D eigenvalue weighted by Crippen LogP contribution is 2.40. The maximum Gasteiger partial charge on any atom is 0.251 e. The number of hydrogen-bond donors (Lipinski definition) is 1. The van der Waals surface area contributed by atoms with Gasteiger partial charge in [0.25, 0.3) is 5.91 Å². The van der Waals surface area contributed by atoms with E-state index in [9.17, 15) is 4.79 Å². The standard InChI is InChI=1S/C23H25N3O2/c1-16-4-9-21-19(12-16)20(13-23(2,3)28-21)25-22(27)18-7-5-17(6-8-18)14-26-11-10-24-15-26/h4-12,15,20H,13-14H2,1-3H3,(H,25,27)/t20-/m0/s1. The smallest absolute Gasteiger partial charge is 0.251 e. The Morgan fingerprint density at radius 1 is 1.25 bits per heavy atom. The molecule has 0 radical (unpaired) electrons. The zero-order valence-corrected chi connectivity index (χ0v) is 16.5. The minimum Gasteiger partial charge on any atom is -0.487 e. The van der Waals surface area contributed by atoms with E-state index in [-0.39, 0.29) is 17.6 Å². The van der Waals surface area contributed by atoms with Gasteiger partial charge < -0.3 is 14.6 Å². The van der Waals surface area contributed by atoms with Gasteiger partial charge in [0.2, 0.25) is 0 Å². The average molecular weight is 375 g/mol. The van der Waals surface area contributed by atoms with Crippen LogP contribution in [-0.2, 0) is 6.54 Å². The number of hydrogen-bond acceptors (Lipinski definition) is 3. The molecule has 1 N–H and O–H groups in total. The van der Waals surface area contributed by atoms with E-state index < -0.39 is 0 Å². The molecule has 2 aromatic carbocycles. The summed E-state index contributed by atoms with van der Waals surface area (Å²) in [4.78, 5) is 16.9. The van der Waals surface area contributed by atoms with Crippen LogP contribution in [0.1, 0.15) is 53.4 Å². The Hall–Kier alpha value is -3.08. The van der Waals surface area contributed by atoms with Crippen LogP contribution in [0, 0.1) is 6.92 Å². The van der Waals surface area contributed by atoms with Gasteiger partial charge in [-0.05, 0) is 44.5 Å². The quantitative estimate of drug-likeness (QED) is 0.741. The van der Waals surface area contributed by atoms with E-state index in [1.807, 2.05) is 47.2 Å². The molecule has 3 aromatic rings. The molecule has 0 bridgehead atoms. The molecule has 1 aliphatic heterocycles. The van der Waals surface area contributed by atoms with Gasteiger partial charge in [0, 0.05) is 36.5 Å². The fourth-order valence-corrected chi connectivity index (χ4v) is 3.70. The maximum absolute atomic E-state index is 12.9. The van der Waals surface area contributed by atoms with Crippen LogP contribution in [-0.4, -0.2) is 21.1 Å². The highest BCUT2D eigenvalue weighted by atomic mass is 16.5. The Bertz CT molecular complexity index is 976. The van der Waals surface area contributed by atoms with Crippen LogP contribution in [0.3, 0.4) is 0 Å². The first-order chi connectivity index (χ1) is 13.4. The minimum absolute atomic E-state index is 0.0654. The first-order valence-corrected chi connectivity index (χ1v) is 9.55. The SMILES string of the molecule is Cc1ccc2c(c1)[C@@H](NC(=O)c1ccc(Cn3ccnc3)cc1)CC(C)(C)O2. The van der Waals surface area contributed by atoms with Crippen LogP contribution in [0.25, 0.3) is 0 Å². The number of carbonyl (C=O) groups is 1. The number of carbonyl (C=O) groups excluding carboxylic acids is 1. The number of aryl methyl sites for hydroxylation is 1. The summed E-state index contributed by atoms with van der Waals surface area (Å²) in [5.74, 6) is 0.784. The molecule has 28 heavy (non-hydrogen) atoms. The fourth-order valence-electron chi connectivity index (χ4n) is 3.70. The lowest BCUT2D eigenvalue weighted by atomic mass is 9.88. The number of fused-ring (bicyclic) bond motifs is 1. The number of aromatic nitrogens is 2. The Morgan fingerprint density at radius 3 is 2.75 bits per heavy atom. The molecule has 144 valence electrons. The second-order valence-corrected chi connectivity index (χ2v) is 8.07. The summed E-state index contributed by atoms with van der Waals surface area (Å²) in [6.07, 6.45) is 6.20. The van der Waals surface area contributed by atoms with E-state index in [1.165, 1.54) is 0 Å². The van der Waals surface area contributed by atoms with Crippen LogP contribution >= 0.6 is 0 Å². The van der Waals surface area contributed by atoms with Crippen molar-refractivity contribution in [3.63, 3.8) is 0 Å². The first kappa shape index (κ1) is 18.3. The summed E-state index contributed by atoms with van der Waals surface area (Å²) in [5, 5.41) is 3.21. The number of imidazole rings is 1. The molecule has 1 aliphatic rings. The summed E-state index contributed by atoms with van der Waals surface area (Å²) in [6.45, 7) is 6.90. The molecule has 0 saturated heterocycles. The van der Waals surface area contributed by atoms with E-state index in [1.54, 1.807) is 12.5 Å². The minimum atomic E-state index is -0.325. The number of ether oxygens (including phenoxy) is 1. The number of nitrogens with one attached hydrogen (secondary N) is 1. The zero-order valence-electron chi connectivity index (χ0n) is 16.5. The van der Waals surface area contributed by atoms with Crippen LogP contribution in [0.15, 0.2) is 61.2 Å². The predicted molar refractivity (Wildman–Crippen MR) is 108 cm³/mol. The van der Waals surface area contributed by atoms with E-state index in [0.717, 1.165) is 35.4 Å².